The van der Waals surface area contributed by atoms with Crippen molar-refractivity contribution in [2.24, 2.45) is 0 Å². The molecule has 0 atom stereocenters. The van der Waals surface area contributed by atoms with Crippen molar-refractivity contribution in [3.8, 4) is 0 Å². The number of hydrogen-bond donors (Lipinski definition) is 1. The zero-order chi connectivity index (χ0) is 16.2. The number of amides is 1. The van der Waals surface area contributed by atoms with E-state index in [1.54, 1.807) is 24.3 Å². The number of sulfone groups is 1. The summed E-state index contributed by atoms with van der Waals surface area (Å²) in [6, 6.07) is 13.6. The number of nitrogens with one attached hydrogen (secondary N) is 1. The number of hydrogen-bond acceptors (Lipinski definition) is 3. The Labute approximate surface area is 135 Å². The second-order valence-corrected chi connectivity index (χ2v) is 7.45. The van der Waals surface area contributed by atoms with Gasteiger partial charge in [-0.2, -0.15) is 0 Å². The van der Waals surface area contributed by atoms with E-state index in [0.29, 0.717) is 11.6 Å². The van der Waals surface area contributed by atoms with Crippen LogP contribution < -0.4 is 5.32 Å². The Morgan fingerprint density at radius 1 is 1.00 bits per heavy atom. The van der Waals surface area contributed by atoms with E-state index in [-0.39, 0.29) is 17.2 Å². The number of carbonyl (C=O) groups is 1. The van der Waals surface area contributed by atoms with E-state index in [1.807, 2.05) is 12.1 Å². The molecule has 1 amide bonds. The van der Waals surface area contributed by atoms with Gasteiger partial charge in [0.15, 0.2) is 9.84 Å². The third-order valence-electron chi connectivity index (χ3n) is 3.12. The highest BCUT2D eigenvalue weighted by atomic mass is 35.5. The monoisotopic (exact) mass is 337 g/mol. The average molecular weight is 338 g/mol. The topological polar surface area (TPSA) is 63.2 Å². The molecule has 1 N–H and O–H groups in total. The lowest BCUT2D eigenvalue weighted by Gasteiger charge is -2.06. The van der Waals surface area contributed by atoms with E-state index in [1.165, 1.54) is 12.1 Å². The predicted octanol–water partition coefficient (Wildman–Crippen LogP) is 2.60. The van der Waals surface area contributed by atoms with Gasteiger partial charge in [-0.25, -0.2) is 8.42 Å². The lowest BCUT2D eigenvalue weighted by molar-refractivity contribution is -0.120. The van der Waals surface area contributed by atoms with Gasteiger partial charge in [0.2, 0.25) is 5.91 Å². The fraction of sp³-hybridized carbons (Fsp3) is 0.188. The van der Waals surface area contributed by atoms with Crippen LogP contribution in [0.2, 0.25) is 5.02 Å². The van der Waals surface area contributed by atoms with Crippen LogP contribution in [0.1, 0.15) is 11.1 Å². The Morgan fingerprint density at radius 2 is 1.55 bits per heavy atom. The maximum Gasteiger partial charge on any atom is 0.224 e. The molecule has 0 heterocycles. The van der Waals surface area contributed by atoms with E-state index in [9.17, 15) is 13.2 Å². The quantitative estimate of drug-likeness (QED) is 0.912. The molecule has 0 aromatic heterocycles. The largest absolute Gasteiger partial charge is 0.352 e. The Hall–Kier alpha value is -1.85. The van der Waals surface area contributed by atoms with Crippen LogP contribution in [0.25, 0.3) is 0 Å². The van der Waals surface area contributed by atoms with E-state index in [4.69, 9.17) is 11.6 Å². The van der Waals surface area contributed by atoms with Gasteiger partial charge in [0.1, 0.15) is 0 Å². The van der Waals surface area contributed by atoms with Gasteiger partial charge in [-0.3, -0.25) is 4.79 Å². The van der Waals surface area contributed by atoms with Crippen LogP contribution in [0.3, 0.4) is 0 Å². The predicted molar refractivity (Wildman–Crippen MR) is 86.6 cm³/mol. The van der Waals surface area contributed by atoms with Crippen LogP contribution in [-0.2, 0) is 27.6 Å². The average Bonchev–Trinajstić information content (AvgIpc) is 2.47. The van der Waals surface area contributed by atoms with Gasteiger partial charge >= 0.3 is 0 Å². The van der Waals surface area contributed by atoms with Crippen molar-refractivity contribution in [3.63, 3.8) is 0 Å². The molecule has 0 saturated heterocycles. The zero-order valence-corrected chi connectivity index (χ0v) is 13.6. The second-order valence-electron chi connectivity index (χ2n) is 5.00. The molecule has 116 valence electrons. The maximum absolute atomic E-state index is 11.9. The lowest BCUT2D eigenvalue weighted by atomic mass is 10.1. The summed E-state index contributed by atoms with van der Waals surface area (Å²) in [6.45, 7) is 0.358. The van der Waals surface area contributed by atoms with Crippen molar-refractivity contribution in [3.05, 3.63) is 64.7 Å². The summed E-state index contributed by atoms with van der Waals surface area (Å²) >= 11 is 5.79. The molecular formula is C16H16ClNO3S. The zero-order valence-electron chi connectivity index (χ0n) is 12.0. The minimum atomic E-state index is -3.19. The van der Waals surface area contributed by atoms with Crippen LogP contribution in [0, 0.1) is 0 Å². The minimum Gasteiger partial charge on any atom is -0.352 e. The summed E-state index contributed by atoms with van der Waals surface area (Å²) in [5, 5.41) is 3.43. The molecule has 0 spiro atoms. The molecule has 0 radical (unpaired) electrons. The Morgan fingerprint density at radius 3 is 2.09 bits per heavy atom. The first-order chi connectivity index (χ1) is 10.3. The Bertz CT molecular complexity index is 753. The molecule has 6 heteroatoms. The number of rotatable bonds is 5. The molecular weight excluding hydrogens is 322 g/mol. The van der Waals surface area contributed by atoms with Gasteiger partial charge in [-0.15, -0.1) is 0 Å². The molecule has 2 aromatic carbocycles. The normalized spacial score (nSPS) is 11.2. The highest BCUT2D eigenvalue weighted by Crippen LogP contribution is 2.11. The van der Waals surface area contributed by atoms with E-state index in [0.717, 1.165) is 17.4 Å². The summed E-state index contributed by atoms with van der Waals surface area (Å²) in [5.74, 6) is -0.102. The second kappa shape index (κ2) is 6.94. The van der Waals surface area contributed by atoms with Gasteiger partial charge in [0.25, 0.3) is 0 Å². The van der Waals surface area contributed by atoms with Crippen molar-refractivity contribution >= 4 is 27.3 Å². The number of halogens is 1. The standard InChI is InChI=1S/C16H16ClNO3S/c1-22(20,21)15-8-4-13(5-9-15)11-18-16(19)10-12-2-6-14(17)7-3-12/h2-9H,10-11H2,1H3,(H,18,19). The molecule has 0 bridgehead atoms. The molecule has 0 unspecified atom stereocenters. The van der Waals surface area contributed by atoms with E-state index in [2.05, 4.69) is 5.32 Å². The third-order valence-corrected chi connectivity index (χ3v) is 4.50. The fourth-order valence-corrected chi connectivity index (χ4v) is 2.66. The van der Waals surface area contributed by atoms with Crippen molar-refractivity contribution in [2.45, 2.75) is 17.9 Å². The van der Waals surface area contributed by atoms with Crippen LogP contribution in [0.15, 0.2) is 53.4 Å². The van der Waals surface area contributed by atoms with Gasteiger partial charge in [-0.1, -0.05) is 35.9 Å². The number of carbonyl (C=O) groups excluding carboxylic acids is 1. The van der Waals surface area contributed by atoms with Gasteiger partial charge in [-0.05, 0) is 35.4 Å². The first kappa shape index (κ1) is 16.5. The Kier molecular flexibility index (Phi) is 5.21. The summed E-state index contributed by atoms with van der Waals surface area (Å²) in [4.78, 5) is 12.1. The molecule has 2 aromatic rings. The van der Waals surface area contributed by atoms with Gasteiger partial charge < -0.3 is 5.32 Å². The molecule has 4 nitrogen and oxygen atoms in total. The van der Waals surface area contributed by atoms with Gasteiger partial charge in [0.05, 0.1) is 11.3 Å². The molecule has 0 fully saturated rings. The van der Waals surface area contributed by atoms with E-state index >= 15 is 0 Å². The molecule has 0 aliphatic carbocycles. The van der Waals surface area contributed by atoms with Crippen molar-refractivity contribution in [1.29, 1.82) is 0 Å². The summed E-state index contributed by atoms with van der Waals surface area (Å²) in [7, 11) is -3.19. The van der Waals surface area contributed by atoms with Crippen LogP contribution in [-0.4, -0.2) is 20.6 Å². The van der Waals surface area contributed by atoms with Crippen LogP contribution in [0.4, 0.5) is 0 Å². The smallest absolute Gasteiger partial charge is 0.224 e. The summed E-state index contributed by atoms with van der Waals surface area (Å²) < 4.78 is 22.7. The molecule has 0 aliphatic rings. The van der Waals surface area contributed by atoms with Crippen molar-refractivity contribution in [1.82, 2.24) is 5.32 Å². The minimum absolute atomic E-state index is 0.102. The highest BCUT2D eigenvalue weighted by molar-refractivity contribution is 7.90. The maximum atomic E-state index is 11.9. The SMILES string of the molecule is CS(=O)(=O)c1ccc(CNC(=O)Cc2ccc(Cl)cc2)cc1. The highest BCUT2D eigenvalue weighted by Gasteiger charge is 2.07. The third kappa shape index (κ3) is 4.86. The Balaban J connectivity index is 1.89. The number of benzene rings is 2. The molecule has 0 aliphatic heterocycles. The first-order valence-electron chi connectivity index (χ1n) is 6.65. The first-order valence-corrected chi connectivity index (χ1v) is 8.92. The molecule has 0 saturated carbocycles. The van der Waals surface area contributed by atoms with E-state index < -0.39 is 9.84 Å². The van der Waals surface area contributed by atoms with Gasteiger partial charge in [0, 0.05) is 17.8 Å². The lowest BCUT2D eigenvalue weighted by Crippen LogP contribution is -2.24. The molecule has 22 heavy (non-hydrogen) atoms. The summed E-state index contributed by atoms with van der Waals surface area (Å²) in [5.41, 5.74) is 1.73. The van der Waals surface area contributed by atoms with Crippen LogP contribution >= 0.6 is 11.6 Å². The van der Waals surface area contributed by atoms with Crippen molar-refractivity contribution in [2.75, 3.05) is 6.26 Å². The van der Waals surface area contributed by atoms with Crippen LogP contribution in [0.5, 0.6) is 0 Å². The van der Waals surface area contributed by atoms with Crippen molar-refractivity contribution < 1.29 is 13.2 Å². The fourth-order valence-electron chi connectivity index (χ4n) is 1.91. The summed E-state index contributed by atoms with van der Waals surface area (Å²) in [6.07, 6.45) is 1.44. The molecule has 2 rings (SSSR count).